The van der Waals surface area contributed by atoms with Crippen molar-refractivity contribution in [3.05, 3.63) is 30.1 Å². The van der Waals surface area contributed by atoms with Gasteiger partial charge < -0.3 is 5.73 Å². The summed E-state index contributed by atoms with van der Waals surface area (Å²) in [5.74, 6) is 8.08. The lowest BCUT2D eigenvalue weighted by Crippen LogP contribution is -2.10. The molecule has 0 unspecified atom stereocenters. The third-order valence-corrected chi connectivity index (χ3v) is 0.991. The lowest BCUT2D eigenvalue weighted by Gasteiger charge is -1.92. The van der Waals surface area contributed by atoms with Crippen molar-refractivity contribution in [3.8, 4) is 0 Å². The molecular weight excluding hydrogens is 178 g/mol. The first-order valence-electron chi connectivity index (χ1n) is 2.88. The topological polar surface area (TPSA) is 115 Å². The van der Waals surface area contributed by atoms with Crippen LogP contribution in [0.25, 0.3) is 0 Å². The summed E-state index contributed by atoms with van der Waals surface area (Å²) in [4.78, 5) is 3.78. The molecule has 12 heavy (non-hydrogen) atoms. The molecule has 0 fully saturated rings. The highest BCUT2D eigenvalue weighted by Crippen LogP contribution is 1.91. The van der Waals surface area contributed by atoms with E-state index in [1.165, 1.54) is 0 Å². The highest BCUT2D eigenvalue weighted by Gasteiger charge is 1.89. The zero-order valence-electron chi connectivity index (χ0n) is 6.40. The molecule has 0 aromatic carbocycles. The summed E-state index contributed by atoms with van der Waals surface area (Å²) in [5.41, 5.74) is 5.88. The maximum absolute atomic E-state index is 6.99. The van der Waals surface area contributed by atoms with E-state index in [4.69, 9.17) is 11.1 Å². The average Bonchev–Trinajstić information content (AvgIpc) is 2.10. The number of hydrogen-bond acceptors (Lipinski definition) is 4. The van der Waals surface area contributed by atoms with Gasteiger partial charge in [0.05, 0.1) is 0 Å². The zero-order valence-corrected chi connectivity index (χ0v) is 7.21. The minimum atomic E-state index is 0. The molecule has 1 heterocycles. The Morgan fingerprint density at radius 1 is 1.25 bits per heavy atom. The van der Waals surface area contributed by atoms with Gasteiger partial charge in [0.15, 0.2) is 0 Å². The smallest absolute Gasteiger partial charge is 0.122 e. The summed E-state index contributed by atoms with van der Waals surface area (Å²) in [7, 11) is 0. The Morgan fingerprint density at radius 2 is 1.67 bits per heavy atom. The standard InChI is InChI=1S/C6H7N3.ClH.H4N2/c7-6(8)5-1-3-9-4-2-5;;1-2/h1-4H,(H3,7,8);1H;1-2H2. The first-order chi connectivity index (χ1) is 5.30. The Balaban J connectivity index is 0. The largest absolute Gasteiger partial charge is 0.384 e. The summed E-state index contributed by atoms with van der Waals surface area (Å²) in [6.07, 6.45) is 3.22. The fourth-order valence-corrected chi connectivity index (χ4v) is 0.531. The van der Waals surface area contributed by atoms with Crippen molar-refractivity contribution >= 4 is 18.2 Å². The van der Waals surface area contributed by atoms with E-state index in [2.05, 4.69) is 16.7 Å². The molecule has 0 amide bonds. The number of hydrazine groups is 1. The Hall–Kier alpha value is -1.17. The van der Waals surface area contributed by atoms with Gasteiger partial charge in [-0.25, -0.2) is 0 Å². The number of rotatable bonds is 1. The average molecular weight is 190 g/mol. The number of nitrogens with zero attached hydrogens (tertiary/aromatic N) is 1. The molecule has 0 aliphatic rings. The molecule has 0 spiro atoms. The molecule has 5 nitrogen and oxygen atoms in total. The molecule has 0 aliphatic carbocycles. The van der Waals surface area contributed by atoms with E-state index >= 15 is 0 Å². The van der Waals surface area contributed by atoms with Crippen LogP contribution in [0, 0.1) is 5.41 Å². The van der Waals surface area contributed by atoms with Gasteiger partial charge in [-0.05, 0) is 12.1 Å². The van der Waals surface area contributed by atoms with Gasteiger partial charge in [0, 0.05) is 18.0 Å². The molecule has 1 aromatic heterocycles. The maximum Gasteiger partial charge on any atom is 0.122 e. The van der Waals surface area contributed by atoms with Crippen LogP contribution in [0.5, 0.6) is 0 Å². The fourth-order valence-electron chi connectivity index (χ4n) is 0.531. The number of pyridine rings is 1. The third-order valence-electron chi connectivity index (χ3n) is 0.991. The minimum absolute atomic E-state index is 0. The Morgan fingerprint density at radius 3 is 1.92 bits per heavy atom. The summed E-state index contributed by atoms with van der Waals surface area (Å²) in [6, 6.07) is 3.39. The van der Waals surface area contributed by atoms with E-state index in [9.17, 15) is 0 Å². The molecule has 68 valence electrons. The summed E-state index contributed by atoms with van der Waals surface area (Å²) in [5, 5.41) is 6.99. The van der Waals surface area contributed by atoms with Crippen LogP contribution in [0.3, 0.4) is 0 Å². The first kappa shape index (κ1) is 13.4. The van der Waals surface area contributed by atoms with E-state index < -0.39 is 0 Å². The molecule has 0 saturated carbocycles. The van der Waals surface area contributed by atoms with E-state index in [-0.39, 0.29) is 18.2 Å². The van der Waals surface area contributed by atoms with Gasteiger partial charge in [-0.2, -0.15) is 0 Å². The quantitative estimate of drug-likeness (QED) is 0.208. The van der Waals surface area contributed by atoms with Gasteiger partial charge in [0.2, 0.25) is 0 Å². The molecule has 6 heteroatoms. The van der Waals surface area contributed by atoms with E-state index in [0.29, 0.717) is 5.56 Å². The molecule has 0 atom stereocenters. The number of aromatic nitrogens is 1. The molecule has 0 radical (unpaired) electrons. The summed E-state index contributed by atoms with van der Waals surface area (Å²) in [6.45, 7) is 0. The highest BCUT2D eigenvalue weighted by atomic mass is 35.5. The number of amidine groups is 1. The summed E-state index contributed by atoms with van der Waals surface area (Å²) >= 11 is 0. The van der Waals surface area contributed by atoms with Crippen LogP contribution in [-0.4, -0.2) is 10.8 Å². The predicted molar refractivity (Wildman–Crippen MR) is 50.9 cm³/mol. The highest BCUT2D eigenvalue weighted by molar-refractivity contribution is 5.94. The second kappa shape index (κ2) is 7.93. The van der Waals surface area contributed by atoms with Gasteiger partial charge in [-0.15, -0.1) is 12.4 Å². The van der Waals surface area contributed by atoms with Gasteiger partial charge in [0.1, 0.15) is 5.84 Å². The second-order valence-corrected chi connectivity index (χ2v) is 1.65. The third kappa shape index (κ3) is 4.62. The monoisotopic (exact) mass is 189 g/mol. The van der Waals surface area contributed by atoms with Crippen LogP contribution in [0.2, 0.25) is 0 Å². The molecule has 0 saturated heterocycles. The van der Waals surface area contributed by atoms with Crippen molar-refractivity contribution < 1.29 is 0 Å². The zero-order chi connectivity index (χ0) is 8.69. The first-order valence-corrected chi connectivity index (χ1v) is 2.88. The fraction of sp³-hybridized carbons (Fsp3) is 0. The van der Waals surface area contributed by atoms with Gasteiger partial charge in [-0.3, -0.25) is 22.1 Å². The van der Waals surface area contributed by atoms with E-state index in [1.54, 1.807) is 24.5 Å². The van der Waals surface area contributed by atoms with Crippen LogP contribution >= 0.6 is 12.4 Å². The Bertz CT molecular complexity index is 212. The normalized spacial score (nSPS) is 7.17. The predicted octanol–water partition coefficient (Wildman–Crippen LogP) is -0.394. The van der Waals surface area contributed by atoms with Gasteiger partial charge in [-0.1, -0.05) is 0 Å². The second-order valence-electron chi connectivity index (χ2n) is 1.65. The van der Waals surface area contributed by atoms with Crippen molar-refractivity contribution in [2.45, 2.75) is 0 Å². The molecular formula is C6H12ClN5. The number of nitrogens with two attached hydrogens (primary N) is 3. The molecule has 0 bridgehead atoms. The van der Waals surface area contributed by atoms with Gasteiger partial charge in [0.25, 0.3) is 0 Å². The van der Waals surface area contributed by atoms with Crippen molar-refractivity contribution in [3.63, 3.8) is 0 Å². The van der Waals surface area contributed by atoms with Crippen LogP contribution < -0.4 is 17.4 Å². The summed E-state index contributed by atoms with van der Waals surface area (Å²) < 4.78 is 0. The van der Waals surface area contributed by atoms with Crippen LogP contribution in [0.4, 0.5) is 0 Å². The molecule has 1 rings (SSSR count). The van der Waals surface area contributed by atoms with Crippen LogP contribution in [0.1, 0.15) is 5.56 Å². The van der Waals surface area contributed by atoms with Crippen molar-refractivity contribution in [2.75, 3.05) is 0 Å². The maximum atomic E-state index is 6.99. The van der Waals surface area contributed by atoms with Gasteiger partial charge >= 0.3 is 0 Å². The van der Waals surface area contributed by atoms with Crippen LogP contribution in [0.15, 0.2) is 24.5 Å². The van der Waals surface area contributed by atoms with E-state index in [0.717, 1.165) is 0 Å². The molecule has 0 aliphatic heterocycles. The van der Waals surface area contributed by atoms with Crippen molar-refractivity contribution in [1.29, 1.82) is 5.41 Å². The SMILES string of the molecule is Cl.N=C(N)c1ccncc1.NN. The molecule has 7 N–H and O–H groups in total. The lowest BCUT2D eigenvalue weighted by atomic mass is 10.2. The number of nitrogen functional groups attached to an aromatic ring is 1. The van der Waals surface area contributed by atoms with Crippen LogP contribution in [-0.2, 0) is 0 Å². The number of halogens is 1. The van der Waals surface area contributed by atoms with Crippen molar-refractivity contribution in [1.82, 2.24) is 4.98 Å². The lowest BCUT2D eigenvalue weighted by molar-refractivity contribution is 1.26. The minimum Gasteiger partial charge on any atom is -0.384 e. The number of hydrogen-bond donors (Lipinski definition) is 4. The number of nitrogens with one attached hydrogen (secondary N) is 1. The Kier molecular flexibility index (Phi) is 8.87. The Labute approximate surface area is 76.9 Å². The van der Waals surface area contributed by atoms with E-state index in [1.807, 2.05) is 0 Å². The molecule has 1 aromatic rings. The van der Waals surface area contributed by atoms with Crippen molar-refractivity contribution in [2.24, 2.45) is 17.4 Å².